The van der Waals surface area contributed by atoms with Crippen LogP contribution in [-0.4, -0.2) is 13.2 Å². The fourth-order valence-electron chi connectivity index (χ4n) is 2.25. The highest BCUT2D eigenvalue weighted by Gasteiger charge is 2.12. The van der Waals surface area contributed by atoms with E-state index in [9.17, 15) is 0 Å². The van der Waals surface area contributed by atoms with Crippen LogP contribution in [0.2, 0.25) is 5.02 Å². The summed E-state index contributed by atoms with van der Waals surface area (Å²) in [4.78, 5) is 0. The van der Waals surface area contributed by atoms with E-state index in [-0.39, 0.29) is 0 Å². The quantitative estimate of drug-likeness (QED) is 0.918. The number of halogens is 1. The van der Waals surface area contributed by atoms with Gasteiger partial charge in [0.1, 0.15) is 0 Å². The first kappa shape index (κ1) is 13.3. The van der Waals surface area contributed by atoms with E-state index in [2.05, 4.69) is 0 Å². The van der Waals surface area contributed by atoms with Crippen LogP contribution in [0.15, 0.2) is 36.4 Å². The van der Waals surface area contributed by atoms with Gasteiger partial charge in [0.15, 0.2) is 11.5 Å². The fourth-order valence-corrected chi connectivity index (χ4v) is 2.45. The highest BCUT2D eigenvalue weighted by atomic mass is 35.5. The van der Waals surface area contributed by atoms with Crippen LogP contribution in [0.25, 0.3) is 11.1 Å². The molecule has 0 aliphatic carbocycles. The summed E-state index contributed by atoms with van der Waals surface area (Å²) in [7, 11) is 0. The van der Waals surface area contributed by atoms with E-state index in [1.807, 2.05) is 36.4 Å². The molecule has 3 rings (SSSR count). The zero-order valence-electron chi connectivity index (χ0n) is 11.1. The standard InChI is InChI=1S/C16H16ClNO2/c17-14-4-2-11(8-13(14)10-18)12-3-5-15-16(9-12)20-7-1-6-19-15/h2-5,8-9H,1,6-7,10,18H2. The number of nitrogens with two attached hydrogens (primary N) is 1. The summed E-state index contributed by atoms with van der Waals surface area (Å²) in [5.74, 6) is 1.60. The first-order valence-electron chi connectivity index (χ1n) is 6.66. The van der Waals surface area contributed by atoms with Crippen LogP contribution in [0.4, 0.5) is 0 Å². The minimum Gasteiger partial charge on any atom is -0.490 e. The molecule has 4 heteroatoms. The molecular formula is C16H16ClNO2. The van der Waals surface area contributed by atoms with Gasteiger partial charge < -0.3 is 15.2 Å². The van der Waals surface area contributed by atoms with Crippen LogP contribution >= 0.6 is 11.6 Å². The number of hydrogen-bond donors (Lipinski definition) is 1. The second kappa shape index (κ2) is 5.73. The van der Waals surface area contributed by atoms with Gasteiger partial charge in [0.2, 0.25) is 0 Å². The molecular weight excluding hydrogens is 274 g/mol. The lowest BCUT2D eigenvalue weighted by atomic mass is 10.0. The summed E-state index contributed by atoms with van der Waals surface area (Å²) in [6, 6.07) is 11.9. The van der Waals surface area contributed by atoms with Gasteiger partial charge in [-0.25, -0.2) is 0 Å². The van der Waals surface area contributed by atoms with Crippen molar-refractivity contribution in [1.29, 1.82) is 0 Å². The van der Waals surface area contributed by atoms with Crippen molar-refractivity contribution in [2.24, 2.45) is 5.73 Å². The van der Waals surface area contributed by atoms with Crippen molar-refractivity contribution >= 4 is 11.6 Å². The maximum absolute atomic E-state index is 6.10. The summed E-state index contributed by atoms with van der Waals surface area (Å²) in [5.41, 5.74) is 8.79. The number of benzene rings is 2. The number of rotatable bonds is 2. The van der Waals surface area contributed by atoms with Gasteiger partial charge in [0.05, 0.1) is 13.2 Å². The molecule has 2 N–H and O–H groups in total. The van der Waals surface area contributed by atoms with Crippen molar-refractivity contribution < 1.29 is 9.47 Å². The summed E-state index contributed by atoms with van der Waals surface area (Å²) in [6.45, 7) is 1.81. The summed E-state index contributed by atoms with van der Waals surface area (Å²) >= 11 is 6.10. The van der Waals surface area contributed by atoms with Gasteiger partial charge in [-0.3, -0.25) is 0 Å². The largest absolute Gasteiger partial charge is 0.490 e. The Kier molecular flexibility index (Phi) is 3.81. The van der Waals surface area contributed by atoms with Crippen molar-refractivity contribution in [2.45, 2.75) is 13.0 Å². The molecule has 2 aromatic rings. The third-order valence-corrected chi connectivity index (χ3v) is 3.72. The molecule has 1 aliphatic rings. The molecule has 1 aliphatic heterocycles. The first-order chi connectivity index (χ1) is 9.78. The minimum atomic E-state index is 0.428. The SMILES string of the molecule is NCc1cc(-c2ccc3c(c2)OCCCO3)ccc1Cl. The predicted molar refractivity (Wildman–Crippen MR) is 80.4 cm³/mol. The van der Waals surface area contributed by atoms with Crippen LogP contribution in [0.5, 0.6) is 11.5 Å². The van der Waals surface area contributed by atoms with Gasteiger partial charge in [-0.2, -0.15) is 0 Å². The second-order valence-electron chi connectivity index (χ2n) is 4.72. The van der Waals surface area contributed by atoms with Crippen molar-refractivity contribution in [1.82, 2.24) is 0 Å². The molecule has 0 amide bonds. The molecule has 0 bridgehead atoms. The number of ether oxygens (including phenoxy) is 2. The zero-order chi connectivity index (χ0) is 13.9. The van der Waals surface area contributed by atoms with E-state index in [0.29, 0.717) is 24.8 Å². The van der Waals surface area contributed by atoms with Gasteiger partial charge in [-0.15, -0.1) is 0 Å². The fraction of sp³-hybridized carbons (Fsp3) is 0.250. The molecule has 0 spiro atoms. The normalized spacial score (nSPS) is 13.9. The van der Waals surface area contributed by atoms with Gasteiger partial charge in [0, 0.05) is 18.0 Å². The molecule has 2 aromatic carbocycles. The van der Waals surface area contributed by atoms with Crippen LogP contribution in [0.1, 0.15) is 12.0 Å². The van der Waals surface area contributed by atoms with E-state index in [4.69, 9.17) is 26.8 Å². The lowest BCUT2D eigenvalue weighted by molar-refractivity contribution is 0.297. The Morgan fingerprint density at radius 1 is 0.950 bits per heavy atom. The summed E-state index contributed by atoms with van der Waals surface area (Å²) in [5, 5.41) is 0.700. The van der Waals surface area contributed by atoms with Crippen LogP contribution in [0, 0.1) is 0 Å². The molecule has 1 heterocycles. The van der Waals surface area contributed by atoms with E-state index in [0.717, 1.165) is 34.6 Å². The Bertz CT molecular complexity index is 628. The number of fused-ring (bicyclic) bond motifs is 1. The molecule has 104 valence electrons. The Morgan fingerprint density at radius 3 is 2.45 bits per heavy atom. The van der Waals surface area contributed by atoms with Crippen LogP contribution in [-0.2, 0) is 6.54 Å². The lowest BCUT2D eigenvalue weighted by Gasteiger charge is -2.11. The summed E-state index contributed by atoms with van der Waals surface area (Å²) < 4.78 is 11.4. The molecule has 0 radical (unpaired) electrons. The zero-order valence-corrected chi connectivity index (χ0v) is 11.8. The van der Waals surface area contributed by atoms with E-state index in [1.54, 1.807) is 0 Å². The molecule has 20 heavy (non-hydrogen) atoms. The van der Waals surface area contributed by atoms with Crippen LogP contribution in [0.3, 0.4) is 0 Å². The molecule has 0 atom stereocenters. The van der Waals surface area contributed by atoms with Gasteiger partial charge in [-0.1, -0.05) is 23.7 Å². The molecule has 0 saturated carbocycles. The maximum Gasteiger partial charge on any atom is 0.161 e. The Labute approximate surface area is 123 Å². The first-order valence-corrected chi connectivity index (χ1v) is 7.04. The molecule has 0 aromatic heterocycles. The molecule has 0 saturated heterocycles. The molecule has 0 fully saturated rings. The average molecular weight is 290 g/mol. The minimum absolute atomic E-state index is 0.428. The second-order valence-corrected chi connectivity index (χ2v) is 5.13. The van der Waals surface area contributed by atoms with E-state index >= 15 is 0 Å². The van der Waals surface area contributed by atoms with Crippen molar-refractivity contribution in [3.63, 3.8) is 0 Å². The van der Waals surface area contributed by atoms with Gasteiger partial charge in [0.25, 0.3) is 0 Å². The van der Waals surface area contributed by atoms with Crippen molar-refractivity contribution in [3.8, 4) is 22.6 Å². The van der Waals surface area contributed by atoms with E-state index < -0.39 is 0 Å². The highest BCUT2D eigenvalue weighted by molar-refractivity contribution is 6.31. The topological polar surface area (TPSA) is 44.5 Å². The Hall–Kier alpha value is -1.71. The smallest absolute Gasteiger partial charge is 0.161 e. The van der Waals surface area contributed by atoms with Crippen LogP contribution < -0.4 is 15.2 Å². The monoisotopic (exact) mass is 289 g/mol. The average Bonchev–Trinajstić information content (AvgIpc) is 2.72. The summed E-state index contributed by atoms with van der Waals surface area (Å²) in [6.07, 6.45) is 0.905. The van der Waals surface area contributed by atoms with Gasteiger partial charge >= 0.3 is 0 Å². The Morgan fingerprint density at radius 2 is 1.65 bits per heavy atom. The third kappa shape index (κ3) is 2.60. The predicted octanol–water partition coefficient (Wildman–Crippen LogP) is 3.63. The van der Waals surface area contributed by atoms with E-state index in [1.165, 1.54) is 0 Å². The molecule has 0 unspecified atom stereocenters. The van der Waals surface area contributed by atoms with Gasteiger partial charge in [-0.05, 0) is 41.0 Å². The Balaban J connectivity index is 2.00. The van der Waals surface area contributed by atoms with Crippen molar-refractivity contribution in [2.75, 3.05) is 13.2 Å². The third-order valence-electron chi connectivity index (χ3n) is 3.35. The van der Waals surface area contributed by atoms with Crippen molar-refractivity contribution in [3.05, 3.63) is 47.0 Å². The lowest BCUT2D eigenvalue weighted by Crippen LogP contribution is -1.97. The maximum atomic E-state index is 6.10. The number of hydrogen-bond acceptors (Lipinski definition) is 3. The highest BCUT2D eigenvalue weighted by Crippen LogP contribution is 2.35. The molecule has 3 nitrogen and oxygen atoms in total.